The Morgan fingerprint density at radius 1 is 1.03 bits per heavy atom. The van der Waals surface area contributed by atoms with Crippen molar-refractivity contribution in [1.82, 2.24) is 14.8 Å². The Kier molecular flexibility index (Phi) is 7.31. The molecule has 1 amide bonds. The molecule has 5 rings (SSSR count). The molecule has 0 aliphatic carbocycles. The fourth-order valence-electron chi connectivity index (χ4n) is 4.66. The van der Waals surface area contributed by atoms with E-state index in [0.717, 1.165) is 27.9 Å². The molecule has 9 heteroatoms. The number of allylic oxidation sites excluding steroid dienone is 1. The lowest BCUT2D eigenvalue weighted by molar-refractivity contribution is -0.113. The van der Waals surface area contributed by atoms with E-state index in [2.05, 4.69) is 20.7 Å². The lowest BCUT2D eigenvalue weighted by Gasteiger charge is -2.29. The quantitative estimate of drug-likeness (QED) is 0.295. The standard InChI is InChI=1S/C30H30FN5O3/c1-5-38-26-15-22(9-13-25(26)39-16-21-7-10-23(31)11-8-21)28-27(20(4)34-30-32-17-33-36(28)30)29(37)35-24-12-6-18(2)14-19(24)3/h6-15,17,28H,5,16H2,1-4H3,(H,35,37)(H,32,33,34). The van der Waals surface area contributed by atoms with Crippen LogP contribution >= 0.6 is 0 Å². The van der Waals surface area contributed by atoms with Crippen molar-refractivity contribution in [2.75, 3.05) is 17.2 Å². The Hall–Kier alpha value is -4.66. The van der Waals surface area contributed by atoms with Crippen LogP contribution in [-0.2, 0) is 11.4 Å². The average Bonchev–Trinajstić information content (AvgIpc) is 3.38. The molecule has 0 bridgehead atoms. The van der Waals surface area contributed by atoms with Crippen LogP contribution in [0.4, 0.5) is 16.0 Å². The zero-order chi connectivity index (χ0) is 27.5. The second kappa shape index (κ2) is 11.0. The van der Waals surface area contributed by atoms with Crippen molar-refractivity contribution < 1.29 is 18.7 Å². The first-order valence-corrected chi connectivity index (χ1v) is 12.7. The van der Waals surface area contributed by atoms with E-state index >= 15 is 0 Å². The Balaban J connectivity index is 1.49. The van der Waals surface area contributed by atoms with E-state index in [9.17, 15) is 9.18 Å². The summed E-state index contributed by atoms with van der Waals surface area (Å²) < 4.78 is 26.9. The number of benzene rings is 3. The molecular formula is C30H30FN5O3. The predicted molar refractivity (Wildman–Crippen MR) is 147 cm³/mol. The largest absolute Gasteiger partial charge is 0.490 e. The Bertz CT molecular complexity index is 1540. The Morgan fingerprint density at radius 2 is 1.82 bits per heavy atom. The zero-order valence-corrected chi connectivity index (χ0v) is 22.3. The molecule has 1 aliphatic rings. The van der Waals surface area contributed by atoms with Gasteiger partial charge in [0.15, 0.2) is 11.5 Å². The number of rotatable bonds is 8. The number of fused-ring (bicyclic) bond motifs is 1. The van der Waals surface area contributed by atoms with Gasteiger partial charge in [-0.05, 0) is 74.7 Å². The van der Waals surface area contributed by atoms with Crippen LogP contribution in [0, 0.1) is 19.7 Å². The van der Waals surface area contributed by atoms with E-state index < -0.39 is 6.04 Å². The van der Waals surface area contributed by atoms with Crippen molar-refractivity contribution >= 4 is 17.5 Å². The maximum atomic E-state index is 13.7. The Morgan fingerprint density at radius 3 is 2.56 bits per heavy atom. The molecule has 200 valence electrons. The highest BCUT2D eigenvalue weighted by molar-refractivity contribution is 6.06. The normalized spacial score (nSPS) is 14.4. The number of hydrogen-bond acceptors (Lipinski definition) is 6. The summed E-state index contributed by atoms with van der Waals surface area (Å²) in [6.07, 6.45) is 1.46. The molecule has 0 radical (unpaired) electrons. The monoisotopic (exact) mass is 527 g/mol. The number of carbonyl (C=O) groups is 1. The van der Waals surface area contributed by atoms with Crippen LogP contribution in [0.3, 0.4) is 0 Å². The first kappa shape index (κ1) is 26.0. The van der Waals surface area contributed by atoms with Crippen LogP contribution in [0.1, 0.15) is 42.1 Å². The molecule has 4 aromatic rings. The maximum Gasteiger partial charge on any atom is 0.255 e. The van der Waals surface area contributed by atoms with Crippen molar-refractivity contribution in [3.63, 3.8) is 0 Å². The molecule has 1 unspecified atom stereocenters. The SMILES string of the molecule is CCOc1cc(C2C(C(=O)Nc3ccc(C)cc3C)=C(C)Nc3ncnn32)ccc1OCc1ccc(F)cc1. The molecule has 2 heterocycles. The third kappa shape index (κ3) is 5.47. The molecular weight excluding hydrogens is 497 g/mol. The molecule has 1 aromatic heterocycles. The van der Waals surface area contributed by atoms with Crippen molar-refractivity contribution in [2.24, 2.45) is 0 Å². The van der Waals surface area contributed by atoms with E-state index in [1.807, 2.05) is 64.1 Å². The van der Waals surface area contributed by atoms with Crippen molar-refractivity contribution in [2.45, 2.75) is 40.3 Å². The van der Waals surface area contributed by atoms with Crippen LogP contribution in [0.15, 0.2) is 78.3 Å². The molecule has 2 N–H and O–H groups in total. The highest BCUT2D eigenvalue weighted by Crippen LogP contribution is 2.39. The van der Waals surface area contributed by atoms with E-state index in [1.165, 1.54) is 18.5 Å². The van der Waals surface area contributed by atoms with Gasteiger partial charge in [-0.3, -0.25) is 4.79 Å². The number of ether oxygens (including phenoxy) is 2. The smallest absolute Gasteiger partial charge is 0.255 e. The molecule has 8 nitrogen and oxygen atoms in total. The Labute approximate surface area is 226 Å². The average molecular weight is 528 g/mol. The van der Waals surface area contributed by atoms with Crippen molar-refractivity contribution in [3.05, 3.63) is 106 Å². The molecule has 0 fully saturated rings. The van der Waals surface area contributed by atoms with Crippen molar-refractivity contribution in [3.8, 4) is 11.5 Å². The van der Waals surface area contributed by atoms with Crippen LogP contribution in [0.2, 0.25) is 0 Å². The van der Waals surface area contributed by atoms with E-state index in [4.69, 9.17) is 9.47 Å². The van der Waals surface area contributed by atoms with Crippen LogP contribution in [0.25, 0.3) is 0 Å². The van der Waals surface area contributed by atoms with Gasteiger partial charge >= 0.3 is 0 Å². The number of nitrogens with zero attached hydrogens (tertiary/aromatic N) is 3. The third-order valence-electron chi connectivity index (χ3n) is 6.56. The van der Waals surface area contributed by atoms with Crippen molar-refractivity contribution in [1.29, 1.82) is 0 Å². The second-order valence-corrected chi connectivity index (χ2v) is 9.42. The van der Waals surface area contributed by atoms with Gasteiger partial charge in [0, 0.05) is 11.4 Å². The molecule has 0 saturated heterocycles. The number of carbonyl (C=O) groups excluding carboxylic acids is 1. The second-order valence-electron chi connectivity index (χ2n) is 9.42. The van der Waals surface area contributed by atoms with Gasteiger partial charge in [0.1, 0.15) is 24.8 Å². The number of hydrogen-bond donors (Lipinski definition) is 2. The number of aryl methyl sites for hydroxylation is 2. The summed E-state index contributed by atoms with van der Waals surface area (Å²) in [5, 5.41) is 10.7. The predicted octanol–water partition coefficient (Wildman–Crippen LogP) is 5.94. The summed E-state index contributed by atoms with van der Waals surface area (Å²) >= 11 is 0. The summed E-state index contributed by atoms with van der Waals surface area (Å²) in [4.78, 5) is 18.1. The van der Waals surface area contributed by atoms with E-state index in [-0.39, 0.29) is 18.3 Å². The summed E-state index contributed by atoms with van der Waals surface area (Å²) in [7, 11) is 0. The number of amides is 1. The molecule has 0 saturated carbocycles. The third-order valence-corrected chi connectivity index (χ3v) is 6.56. The highest BCUT2D eigenvalue weighted by atomic mass is 19.1. The van der Waals surface area contributed by atoms with Gasteiger partial charge in [-0.2, -0.15) is 10.1 Å². The van der Waals surface area contributed by atoms with Gasteiger partial charge in [0.05, 0.1) is 12.2 Å². The lowest BCUT2D eigenvalue weighted by Crippen LogP contribution is -2.31. The molecule has 39 heavy (non-hydrogen) atoms. The fraction of sp³-hybridized carbons (Fsp3) is 0.233. The van der Waals surface area contributed by atoms with Crippen LogP contribution in [-0.4, -0.2) is 27.3 Å². The highest BCUT2D eigenvalue weighted by Gasteiger charge is 2.34. The van der Waals surface area contributed by atoms with Gasteiger partial charge in [-0.15, -0.1) is 0 Å². The van der Waals surface area contributed by atoms with Crippen LogP contribution in [0.5, 0.6) is 11.5 Å². The number of aromatic nitrogens is 3. The summed E-state index contributed by atoms with van der Waals surface area (Å²) in [5.41, 5.74) is 5.64. The zero-order valence-electron chi connectivity index (χ0n) is 22.3. The minimum Gasteiger partial charge on any atom is -0.490 e. The minimum absolute atomic E-state index is 0.243. The molecule has 1 aliphatic heterocycles. The number of nitrogens with one attached hydrogen (secondary N) is 2. The minimum atomic E-state index is -0.556. The fourth-order valence-corrected chi connectivity index (χ4v) is 4.66. The molecule has 0 spiro atoms. The van der Waals surface area contributed by atoms with Gasteiger partial charge in [-0.25, -0.2) is 9.07 Å². The first-order valence-electron chi connectivity index (χ1n) is 12.7. The number of anilines is 2. The molecule has 1 atom stereocenters. The summed E-state index contributed by atoms with van der Waals surface area (Å²) in [6.45, 7) is 8.40. The maximum absolute atomic E-state index is 13.7. The van der Waals surface area contributed by atoms with Gasteiger partial charge in [-0.1, -0.05) is 35.9 Å². The topological polar surface area (TPSA) is 90.3 Å². The lowest BCUT2D eigenvalue weighted by atomic mass is 9.94. The van der Waals surface area contributed by atoms with Gasteiger partial charge < -0.3 is 20.1 Å². The molecule has 3 aromatic carbocycles. The van der Waals surface area contributed by atoms with Gasteiger partial charge in [0.2, 0.25) is 5.95 Å². The van der Waals surface area contributed by atoms with E-state index in [1.54, 1.807) is 16.8 Å². The first-order chi connectivity index (χ1) is 18.8. The number of halogens is 1. The van der Waals surface area contributed by atoms with Gasteiger partial charge in [0.25, 0.3) is 5.91 Å². The van der Waals surface area contributed by atoms with E-state index in [0.29, 0.717) is 35.3 Å². The summed E-state index contributed by atoms with van der Waals surface area (Å²) in [5.74, 6) is 1.07. The summed E-state index contributed by atoms with van der Waals surface area (Å²) in [6, 6.07) is 17.1. The van der Waals surface area contributed by atoms with Crippen LogP contribution < -0.4 is 20.1 Å².